The van der Waals surface area contributed by atoms with E-state index in [1.807, 2.05) is 18.2 Å². The van der Waals surface area contributed by atoms with Crippen molar-refractivity contribution in [3.8, 4) is 0 Å². The van der Waals surface area contributed by atoms with E-state index in [-0.39, 0.29) is 12.4 Å². The second kappa shape index (κ2) is 6.10. The Hall–Kier alpha value is -2.14. The molecule has 0 amide bonds. The van der Waals surface area contributed by atoms with Gasteiger partial charge in [-0.3, -0.25) is 4.98 Å². The number of hydrogen-bond donors (Lipinski definition) is 1. The van der Waals surface area contributed by atoms with E-state index in [1.54, 1.807) is 12.4 Å². The lowest BCUT2D eigenvalue weighted by molar-refractivity contribution is 0.282. The Morgan fingerprint density at radius 1 is 1.00 bits per heavy atom. The first-order valence-electron chi connectivity index (χ1n) is 7.07. The summed E-state index contributed by atoms with van der Waals surface area (Å²) in [5.41, 5.74) is 2.95. The standard InChI is InChI=1S/C16H18FN3O/c17-14-1-3-15(4-2-14)19-7-9-20(10-8-19)16-11-18-6-5-13(16)12-21/h1-6,11,21H,7-10,12H2. The predicted molar refractivity (Wildman–Crippen MR) is 81.0 cm³/mol. The van der Waals surface area contributed by atoms with Gasteiger partial charge in [0.15, 0.2) is 0 Å². The molecule has 0 bridgehead atoms. The summed E-state index contributed by atoms with van der Waals surface area (Å²) in [5.74, 6) is -0.208. The van der Waals surface area contributed by atoms with Gasteiger partial charge in [0.05, 0.1) is 18.5 Å². The van der Waals surface area contributed by atoms with Crippen LogP contribution in [0.5, 0.6) is 0 Å². The zero-order valence-electron chi connectivity index (χ0n) is 11.7. The number of aliphatic hydroxyl groups excluding tert-OH is 1. The van der Waals surface area contributed by atoms with E-state index in [1.165, 1.54) is 12.1 Å². The normalized spacial score (nSPS) is 15.3. The third kappa shape index (κ3) is 2.97. The van der Waals surface area contributed by atoms with Gasteiger partial charge < -0.3 is 14.9 Å². The van der Waals surface area contributed by atoms with E-state index < -0.39 is 0 Å². The summed E-state index contributed by atoms with van der Waals surface area (Å²) in [4.78, 5) is 8.62. The average Bonchev–Trinajstić information content (AvgIpc) is 2.56. The van der Waals surface area contributed by atoms with Crippen LogP contribution in [0.1, 0.15) is 5.56 Å². The van der Waals surface area contributed by atoms with Gasteiger partial charge in [-0.15, -0.1) is 0 Å². The molecule has 0 saturated carbocycles. The van der Waals surface area contributed by atoms with E-state index in [0.29, 0.717) is 0 Å². The maximum absolute atomic E-state index is 13.0. The molecular weight excluding hydrogens is 269 g/mol. The molecule has 0 aliphatic carbocycles. The van der Waals surface area contributed by atoms with Gasteiger partial charge >= 0.3 is 0 Å². The van der Waals surface area contributed by atoms with Gasteiger partial charge in [0.1, 0.15) is 5.82 Å². The van der Waals surface area contributed by atoms with Crippen LogP contribution in [0.4, 0.5) is 15.8 Å². The summed E-state index contributed by atoms with van der Waals surface area (Å²) in [6.45, 7) is 3.47. The van der Waals surface area contributed by atoms with Crippen molar-refractivity contribution in [2.45, 2.75) is 6.61 Å². The quantitative estimate of drug-likeness (QED) is 0.938. The van der Waals surface area contributed by atoms with Crippen molar-refractivity contribution in [1.82, 2.24) is 4.98 Å². The highest BCUT2D eigenvalue weighted by atomic mass is 19.1. The molecule has 0 unspecified atom stereocenters. The molecule has 110 valence electrons. The Kier molecular flexibility index (Phi) is 4.01. The first-order valence-corrected chi connectivity index (χ1v) is 7.07. The van der Waals surface area contributed by atoms with Crippen LogP contribution < -0.4 is 9.80 Å². The van der Waals surface area contributed by atoms with Crippen molar-refractivity contribution in [1.29, 1.82) is 0 Å². The van der Waals surface area contributed by atoms with Crippen molar-refractivity contribution in [2.24, 2.45) is 0 Å². The van der Waals surface area contributed by atoms with Gasteiger partial charge in [-0.2, -0.15) is 0 Å². The summed E-state index contributed by atoms with van der Waals surface area (Å²) in [5, 5.41) is 9.40. The average molecular weight is 287 g/mol. The van der Waals surface area contributed by atoms with Crippen molar-refractivity contribution >= 4 is 11.4 Å². The molecule has 2 heterocycles. The molecule has 1 fully saturated rings. The van der Waals surface area contributed by atoms with Crippen molar-refractivity contribution in [3.63, 3.8) is 0 Å². The minimum Gasteiger partial charge on any atom is -0.392 e. The Morgan fingerprint density at radius 2 is 1.67 bits per heavy atom. The number of hydrogen-bond acceptors (Lipinski definition) is 4. The molecule has 4 nitrogen and oxygen atoms in total. The number of nitrogens with zero attached hydrogens (tertiary/aromatic N) is 3. The number of aromatic nitrogens is 1. The van der Waals surface area contributed by atoms with Crippen LogP contribution >= 0.6 is 0 Å². The van der Waals surface area contributed by atoms with Crippen LogP contribution in [0.15, 0.2) is 42.7 Å². The largest absolute Gasteiger partial charge is 0.392 e. The number of pyridine rings is 1. The fraction of sp³-hybridized carbons (Fsp3) is 0.312. The van der Waals surface area contributed by atoms with Crippen molar-refractivity contribution < 1.29 is 9.50 Å². The van der Waals surface area contributed by atoms with Gasteiger partial charge in [0, 0.05) is 43.6 Å². The molecule has 0 spiro atoms. The third-order valence-corrected chi connectivity index (χ3v) is 3.87. The number of aliphatic hydroxyl groups is 1. The molecule has 1 aromatic heterocycles. The maximum atomic E-state index is 13.0. The van der Waals surface area contributed by atoms with Crippen LogP contribution in [0.3, 0.4) is 0 Å². The number of rotatable bonds is 3. The molecule has 1 aliphatic rings. The van der Waals surface area contributed by atoms with Gasteiger partial charge in [-0.1, -0.05) is 0 Å². The molecule has 5 heteroatoms. The van der Waals surface area contributed by atoms with E-state index in [4.69, 9.17) is 0 Å². The summed E-state index contributed by atoms with van der Waals surface area (Å²) < 4.78 is 13.0. The molecule has 0 atom stereocenters. The summed E-state index contributed by atoms with van der Waals surface area (Å²) >= 11 is 0. The highest BCUT2D eigenvalue weighted by molar-refractivity contribution is 5.54. The van der Waals surface area contributed by atoms with E-state index in [0.717, 1.165) is 43.1 Å². The Bertz CT molecular complexity index is 595. The van der Waals surface area contributed by atoms with Gasteiger partial charge in [-0.05, 0) is 30.3 Å². The maximum Gasteiger partial charge on any atom is 0.123 e. The number of halogens is 1. The van der Waals surface area contributed by atoms with E-state index in [9.17, 15) is 9.50 Å². The predicted octanol–water partition coefficient (Wildman–Crippen LogP) is 2.04. The molecule has 3 rings (SSSR count). The lowest BCUT2D eigenvalue weighted by atomic mass is 10.2. The molecule has 0 radical (unpaired) electrons. The summed E-state index contributed by atoms with van der Waals surface area (Å²) in [7, 11) is 0. The molecule has 1 saturated heterocycles. The van der Waals surface area contributed by atoms with Gasteiger partial charge in [-0.25, -0.2) is 4.39 Å². The zero-order valence-corrected chi connectivity index (χ0v) is 11.7. The third-order valence-electron chi connectivity index (χ3n) is 3.87. The number of anilines is 2. The van der Waals surface area contributed by atoms with Crippen LogP contribution in [0.25, 0.3) is 0 Å². The van der Waals surface area contributed by atoms with Crippen molar-refractivity contribution in [2.75, 3.05) is 36.0 Å². The Balaban J connectivity index is 1.69. The van der Waals surface area contributed by atoms with E-state index in [2.05, 4.69) is 14.8 Å². The van der Waals surface area contributed by atoms with Crippen molar-refractivity contribution in [3.05, 3.63) is 54.1 Å². The second-order valence-corrected chi connectivity index (χ2v) is 5.11. The Morgan fingerprint density at radius 3 is 2.33 bits per heavy atom. The minimum absolute atomic E-state index is 0.0238. The van der Waals surface area contributed by atoms with Gasteiger partial charge in [0.25, 0.3) is 0 Å². The molecule has 2 aromatic rings. The topological polar surface area (TPSA) is 39.6 Å². The minimum atomic E-state index is -0.208. The zero-order chi connectivity index (χ0) is 14.7. The second-order valence-electron chi connectivity index (χ2n) is 5.11. The molecule has 21 heavy (non-hydrogen) atoms. The fourth-order valence-electron chi connectivity index (χ4n) is 2.69. The van der Waals surface area contributed by atoms with Crippen LogP contribution in [0.2, 0.25) is 0 Å². The SMILES string of the molecule is OCc1ccncc1N1CCN(c2ccc(F)cc2)CC1. The molecule has 1 aliphatic heterocycles. The highest BCUT2D eigenvalue weighted by Crippen LogP contribution is 2.23. The molecule has 1 aromatic carbocycles. The highest BCUT2D eigenvalue weighted by Gasteiger charge is 2.19. The van der Waals surface area contributed by atoms with Crippen LogP contribution in [0, 0.1) is 5.82 Å². The monoisotopic (exact) mass is 287 g/mol. The van der Waals surface area contributed by atoms with Crippen LogP contribution in [-0.2, 0) is 6.61 Å². The lowest BCUT2D eigenvalue weighted by Crippen LogP contribution is -2.46. The number of piperazine rings is 1. The van der Waals surface area contributed by atoms with Crippen LogP contribution in [-0.4, -0.2) is 36.3 Å². The number of benzene rings is 1. The Labute approximate surface area is 123 Å². The van der Waals surface area contributed by atoms with E-state index >= 15 is 0 Å². The summed E-state index contributed by atoms with van der Waals surface area (Å²) in [6, 6.07) is 8.46. The summed E-state index contributed by atoms with van der Waals surface area (Å²) in [6.07, 6.45) is 3.50. The first-order chi connectivity index (χ1) is 10.3. The lowest BCUT2D eigenvalue weighted by Gasteiger charge is -2.37. The van der Waals surface area contributed by atoms with Gasteiger partial charge in [0.2, 0.25) is 0 Å². The first kappa shape index (κ1) is 13.8. The molecular formula is C16H18FN3O. The smallest absolute Gasteiger partial charge is 0.123 e. The fourth-order valence-corrected chi connectivity index (χ4v) is 2.69. The molecule has 1 N–H and O–H groups in total.